The molecule has 2 rings (SSSR count). The van der Waals surface area contributed by atoms with Crippen molar-refractivity contribution in [2.45, 2.75) is 18.1 Å². The summed E-state index contributed by atoms with van der Waals surface area (Å²) in [5.41, 5.74) is 4.82. The van der Waals surface area contributed by atoms with E-state index < -0.39 is 38.2 Å². The average Bonchev–Trinajstić information content (AvgIpc) is 3.09. The second-order valence-electron chi connectivity index (χ2n) is 5.25. The quantitative estimate of drug-likeness (QED) is 0.814. The van der Waals surface area contributed by atoms with E-state index in [9.17, 15) is 17.6 Å². The van der Waals surface area contributed by atoms with Crippen LogP contribution in [0.2, 0.25) is 0 Å². The molecule has 1 aromatic rings. The molecule has 5 nitrogen and oxygen atoms in total. The lowest BCUT2D eigenvalue weighted by Crippen LogP contribution is -2.33. The first-order valence-corrected chi connectivity index (χ1v) is 8.56. The van der Waals surface area contributed by atoms with E-state index in [4.69, 9.17) is 10.5 Å². The van der Waals surface area contributed by atoms with E-state index in [-0.39, 0.29) is 13.2 Å². The van der Waals surface area contributed by atoms with Crippen LogP contribution in [0.3, 0.4) is 0 Å². The molecule has 1 fully saturated rings. The van der Waals surface area contributed by atoms with Crippen LogP contribution in [0.15, 0.2) is 24.3 Å². The van der Waals surface area contributed by atoms with Crippen LogP contribution in [0.25, 0.3) is 0 Å². The van der Waals surface area contributed by atoms with Crippen LogP contribution >= 0.6 is 0 Å². The van der Waals surface area contributed by atoms with Crippen LogP contribution in [0, 0.1) is 11.2 Å². The zero-order chi connectivity index (χ0) is 15.8. The third-order valence-corrected chi connectivity index (χ3v) is 5.53. The van der Waals surface area contributed by atoms with E-state index in [0.29, 0.717) is 5.56 Å². The Morgan fingerprint density at radius 1 is 1.48 bits per heavy atom. The Bertz CT molecular complexity index is 661. The third kappa shape index (κ3) is 2.55. The fourth-order valence-electron chi connectivity index (χ4n) is 3.04. The standard InChI is InChI=1S/C14H18FNO4S/c1-3-20-13(17)14(8-16)11(12(14)21(2,18)19)9-5-4-6-10(15)7-9/h4-7,11-12H,3,8,16H2,1-2H3/t11-,12-,14+/m0/s1. The predicted molar refractivity (Wildman–Crippen MR) is 75.9 cm³/mol. The first-order valence-electron chi connectivity index (χ1n) is 6.60. The third-order valence-electron chi connectivity index (χ3n) is 3.92. The molecule has 7 heteroatoms. The number of benzene rings is 1. The largest absolute Gasteiger partial charge is 0.465 e. The van der Waals surface area contributed by atoms with Gasteiger partial charge in [0.1, 0.15) is 11.2 Å². The van der Waals surface area contributed by atoms with E-state index in [1.807, 2.05) is 0 Å². The van der Waals surface area contributed by atoms with Gasteiger partial charge in [0.05, 0.1) is 11.9 Å². The number of esters is 1. The van der Waals surface area contributed by atoms with Crippen LogP contribution in [0.4, 0.5) is 4.39 Å². The van der Waals surface area contributed by atoms with Crippen molar-refractivity contribution >= 4 is 15.8 Å². The fourth-order valence-corrected chi connectivity index (χ4v) is 4.96. The summed E-state index contributed by atoms with van der Waals surface area (Å²) in [6.07, 6.45) is 1.06. The minimum absolute atomic E-state index is 0.132. The van der Waals surface area contributed by atoms with Gasteiger partial charge in [-0.1, -0.05) is 12.1 Å². The molecule has 0 bridgehead atoms. The summed E-state index contributed by atoms with van der Waals surface area (Å²) < 4.78 is 42.4. The minimum Gasteiger partial charge on any atom is -0.465 e. The van der Waals surface area contributed by atoms with Crippen molar-refractivity contribution < 1.29 is 22.3 Å². The van der Waals surface area contributed by atoms with E-state index in [2.05, 4.69) is 0 Å². The number of rotatable bonds is 5. The molecule has 0 unspecified atom stereocenters. The molecule has 0 spiro atoms. The molecule has 0 radical (unpaired) electrons. The number of carbonyl (C=O) groups is 1. The summed E-state index contributed by atoms with van der Waals surface area (Å²) in [5.74, 6) is -1.80. The summed E-state index contributed by atoms with van der Waals surface area (Å²) in [6, 6.07) is 5.58. The molecular formula is C14H18FNO4S. The van der Waals surface area contributed by atoms with Crippen molar-refractivity contribution in [1.82, 2.24) is 0 Å². The van der Waals surface area contributed by atoms with Gasteiger partial charge in [-0.15, -0.1) is 0 Å². The zero-order valence-corrected chi connectivity index (χ0v) is 12.7. The fraction of sp³-hybridized carbons (Fsp3) is 0.500. The molecule has 3 atom stereocenters. The summed E-state index contributed by atoms with van der Waals surface area (Å²) >= 11 is 0. The van der Waals surface area contributed by atoms with Gasteiger partial charge in [-0.3, -0.25) is 4.79 Å². The van der Waals surface area contributed by atoms with Crippen LogP contribution in [-0.4, -0.2) is 39.0 Å². The number of hydrogen-bond acceptors (Lipinski definition) is 5. The second kappa shape index (κ2) is 5.38. The van der Waals surface area contributed by atoms with Gasteiger partial charge < -0.3 is 10.5 Å². The van der Waals surface area contributed by atoms with Gasteiger partial charge in [0.15, 0.2) is 9.84 Å². The van der Waals surface area contributed by atoms with E-state index in [0.717, 1.165) is 6.26 Å². The second-order valence-corrected chi connectivity index (χ2v) is 7.41. The van der Waals surface area contributed by atoms with Crippen molar-refractivity contribution in [3.63, 3.8) is 0 Å². The highest BCUT2D eigenvalue weighted by Crippen LogP contribution is 2.62. The van der Waals surface area contributed by atoms with Crippen molar-refractivity contribution in [3.05, 3.63) is 35.6 Å². The van der Waals surface area contributed by atoms with Crippen LogP contribution < -0.4 is 5.73 Å². The summed E-state index contributed by atoms with van der Waals surface area (Å²) in [6.45, 7) is 1.61. The molecule has 2 N–H and O–H groups in total. The molecule has 116 valence electrons. The number of halogens is 1. The summed E-state index contributed by atoms with van der Waals surface area (Å²) in [5, 5.41) is -0.976. The van der Waals surface area contributed by atoms with E-state index in [1.54, 1.807) is 13.0 Å². The molecule has 0 amide bonds. The van der Waals surface area contributed by atoms with Crippen molar-refractivity contribution in [2.75, 3.05) is 19.4 Å². The Hall–Kier alpha value is -1.47. The average molecular weight is 315 g/mol. The Morgan fingerprint density at radius 2 is 2.14 bits per heavy atom. The minimum atomic E-state index is -3.53. The maximum absolute atomic E-state index is 13.4. The van der Waals surface area contributed by atoms with Crippen LogP contribution in [-0.2, 0) is 19.4 Å². The van der Waals surface area contributed by atoms with Gasteiger partial charge in [0.25, 0.3) is 0 Å². The monoisotopic (exact) mass is 315 g/mol. The van der Waals surface area contributed by atoms with Crippen LogP contribution in [0.1, 0.15) is 18.4 Å². The van der Waals surface area contributed by atoms with Crippen molar-refractivity contribution in [2.24, 2.45) is 11.1 Å². The Kier molecular flexibility index (Phi) is 4.08. The smallest absolute Gasteiger partial charge is 0.315 e. The first-order chi connectivity index (χ1) is 9.79. The lowest BCUT2D eigenvalue weighted by Gasteiger charge is -2.14. The Balaban J connectivity index is 2.50. The van der Waals surface area contributed by atoms with Crippen LogP contribution in [0.5, 0.6) is 0 Å². The number of hydrogen-bond donors (Lipinski definition) is 1. The highest BCUT2D eigenvalue weighted by Gasteiger charge is 2.74. The predicted octanol–water partition coefficient (Wildman–Crippen LogP) is 0.844. The normalized spacial score (nSPS) is 28.2. The molecule has 0 heterocycles. The maximum atomic E-state index is 13.4. The molecule has 0 aromatic heterocycles. The van der Waals surface area contributed by atoms with Gasteiger partial charge in [0, 0.05) is 18.7 Å². The maximum Gasteiger partial charge on any atom is 0.315 e. The van der Waals surface area contributed by atoms with Gasteiger partial charge in [-0.25, -0.2) is 12.8 Å². The molecule has 1 aliphatic rings. The Morgan fingerprint density at radius 3 is 2.62 bits per heavy atom. The number of carbonyl (C=O) groups excluding carboxylic acids is 1. The van der Waals surface area contributed by atoms with Gasteiger partial charge in [-0.2, -0.15) is 0 Å². The Labute approximate surface area is 123 Å². The molecule has 0 saturated heterocycles. The van der Waals surface area contributed by atoms with Crippen molar-refractivity contribution in [3.8, 4) is 0 Å². The number of sulfone groups is 1. The molecular weight excluding hydrogens is 297 g/mol. The molecule has 1 aliphatic carbocycles. The van der Waals surface area contributed by atoms with Crippen molar-refractivity contribution in [1.29, 1.82) is 0 Å². The zero-order valence-electron chi connectivity index (χ0n) is 11.9. The highest BCUT2D eigenvalue weighted by molar-refractivity contribution is 7.91. The topological polar surface area (TPSA) is 86.5 Å². The summed E-state index contributed by atoms with van der Waals surface area (Å²) in [7, 11) is -3.53. The SMILES string of the molecule is CCOC(=O)[C@]1(CN)[C@@H](c2cccc(F)c2)[C@@H]1S(C)(=O)=O. The molecule has 21 heavy (non-hydrogen) atoms. The number of nitrogens with two attached hydrogens (primary N) is 1. The number of ether oxygens (including phenoxy) is 1. The van der Waals surface area contributed by atoms with E-state index in [1.165, 1.54) is 18.2 Å². The van der Waals surface area contributed by atoms with E-state index >= 15 is 0 Å². The molecule has 1 saturated carbocycles. The lowest BCUT2D eigenvalue weighted by molar-refractivity contribution is -0.149. The molecule has 1 aromatic carbocycles. The van der Waals surface area contributed by atoms with Gasteiger partial charge in [0.2, 0.25) is 0 Å². The van der Waals surface area contributed by atoms with Gasteiger partial charge in [-0.05, 0) is 24.6 Å². The van der Waals surface area contributed by atoms with Gasteiger partial charge >= 0.3 is 5.97 Å². The summed E-state index contributed by atoms with van der Waals surface area (Å²) in [4.78, 5) is 12.2. The lowest BCUT2D eigenvalue weighted by atomic mass is 9.99. The first kappa shape index (κ1) is 15.9. The molecule has 0 aliphatic heterocycles. The highest BCUT2D eigenvalue weighted by atomic mass is 32.2.